The third-order valence-electron chi connectivity index (χ3n) is 21.1. The maximum Gasteiger partial charge on any atom is 0.283 e. The molecule has 0 N–H and O–H groups in total. The molecule has 21 nitrogen and oxygen atoms in total. The summed E-state index contributed by atoms with van der Waals surface area (Å²) in [4.78, 5) is 102. The van der Waals surface area contributed by atoms with Crippen LogP contribution in [0.2, 0.25) is 0 Å². The molecule has 9 heterocycles. The number of carbonyl (C=O) groups is 3. The lowest BCUT2D eigenvalue weighted by molar-refractivity contribution is -0.127. The van der Waals surface area contributed by atoms with Gasteiger partial charge in [0, 0.05) is 111 Å². The highest BCUT2D eigenvalue weighted by atomic mass is 19.1. The molecule has 3 fully saturated rings. The number of rotatable bonds is 14. The Balaban J connectivity index is 0.000000148. The molecule has 24 heteroatoms. The average molecular weight is 1520 g/mol. The Morgan fingerprint density at radius 1 is 0.389 bits per heavy atom. The molecule has 0 saturated carbocycles. The first-order chi connectivity index (χ1) is 54.4. The Morgan fingerprint density at radius 2 is 0.690 bits per heavy atom. The van der Waals surface area contributed by atoms with Crippen molar-refractivity contribution >= 4 is 52.1 Å². The normalized spacial score (nSPS) is 14.4. The van der Waals surface area contributed by atoms with Crippen LogP contribution < -0.4 is 31.4 Å². The monoisotopic (exact) mass is 1520 g/mol. The summed E-state index contributed by atoms with van der Waals surface area (Å²) in [6.07, 6.45) is 3.93. The van der Waals surface area contributed by atoms with Crippen LogP contribution in [0.5, 0.6) is 0 Å². The molecule has 0 aliphatic carbocycles. The van der Waals surface area contributed by atoms with E-state index in [1.807, 2.05) is 140 Å². The molecule has 0 bridgehead atoms. The number of nitrogens with zero attached hydrogens (tertiary/aromatic N) is 15. The molecule has 6 aromatic heterocycles. The van der Waals surface area contributed by atoms with Gasteiger partial charge in [-0.15, -0.1) is 0 Å². The molecule has 1 atom stereocenters. The van der Waals surface area contributed by atoms with Gasteiger partial charge in [-0.05, 0) is 134 Å². The molecule has 3 aliphatic rings. The molecule has 3 aliphatic heterocycles. The standard InChI is InChI=1S/C31H32FN5O2.C30H30FN5O2.C28H26FN5O2/c1-6-28(38)35-15-16-36(20(4)18-35)31-33-30(39)29(24-13-8-7-11-22(24)19(2)3)27-17-25(21(5)34-37(27)31)23-12-9-10-14-26(23)32;1-5-27(37)34-14-16-35(17-15-34)30-32-29(38)28(23-12-7-6-10-21(23)19(2)3)26-18-24(20(4)33-36(26)30)22-11-8-9-13-25(22)31;1-4-25(35)32-13-15-33(16-14-32)28-30-27(36)26(20-10-6-5-9-18(20)2)24-17-22(19(3)31-34(24)28)21-11-7-8-12-23(21)29/h6-14,17,19-20H,1,15-16,18H2,2-5H3;5-13,18-19H,1,14-17H2,2-4H3;4-12,17H,1,13-16H2,2-3H3/t20-;;/m0../s1. The Morgan fingerprint density at radius 3 is 1.04 bits per heavy atom. The van der Waals surface area contributed by atoms with E-state index in [1.54, 1.807) is 82.8 Å². The molecular weight excluding hydrogens is 1430 g/mol. The summed E-state index contributed by atoms with van der Waals surface area (Å²) in [6.45, 7) is 33.8. The highest BCUT2D eigenvalue weighted by Crippen LogP contribution is 2.39. The molecule has 576 valence electrons. The first-order valence-electron chi connectivity index (χ1n) is 37.7. The molecule has 113 heavy (non-hydrogen) atoms. The van der Waals surface area contributed by atoms with Crippen LogP contribution in [-0.4, -0.2) is 154 Å². The third kappa shape index (κ3) is 15.6. The van der Waals surface area contributed by atoms with Crippen molar-refractivity contribution in [2.45, 2.75) is 80.2 Å². The van der Waals surface area contributed by atoms with E-state index in [1.165, 1.54) is 36.4 Å². The van der Waals surface area contributed by atoms with Crippen LogP contribution in [0.1, 0.15) is 80.2 Å². The van der Waals surface area contributed by atoms with Crippen molar-refractivity contribution in [1.82, 2.24) is 58.5 Å². The van der Waals surface area contributed by atoms with E-state index < -0.39 is 0 Å². The van der Waals surface area contributed by atoms with Crippen molar-refractivity contribution in [2.24, 2.45) is 0 Å². The van der Waals surface area contributed by atoms with Crippen molar-refractivity contribution < 1.29 is 27.6 Å². The third-order valence-corrected chi connectivity index (χ3v) is 21.1. The number of hydrogen-bond acceptors (Lipinski definition) is 15. The number of hydrogen-bond donors (Lipinski definition) is 0. The van der Waals surface area contributed by atoms with Crippen LogP contribution in [0.3, 0.4) is 0 Å². The maximum atomic E-state index is 14.9. The predicted molar refractivity (Wildman–Crippen MR) is 439 cm³/mol. The molecule has 0 unspecified atom stereocenters. The second kappa shape index (κ2) is 33.3. The van der Waals surface area contributed by atoms with Gasteiger partial charge >= 0.3 is 0 Å². The molecule has 0 spiro atoms. The summed E-state index contributed by atoms with van der Waals surface area (Å²) < 4.78 is 49.6. The second-order valence-electron chi connectivity index (χ2n) is 28.9. The quantitative estimate of drug-likeness (QED) is 0.0926. The number of halogens is 3. The van der Waals surface area contributed by atoms with E-state index in [2.05, 4.69) is 62.4 Å². The van der Waals surface area contributed by atoms with E-state index in [0.29, 0.717) is 174 Å². The first kappa shape index (κ1) is 78.1. The van der Waals surface area contributed by atoms with Gasteiger partial charge in [-0.2, -0.15) is 43.8 Å². The molecule has 0 radical (unpaired) electrons. The Hall–Kier alpha value is -13.0. The van der Waals surface area contributed by atoms with Gasteiger partial charge in [0.25, 0.3) is 16.7 Å². The number of amides is 3. The van der Waals surface area contributed by atoms with Crippen molar-refractivity contribution in [1.29, 1.82) is 0 Å². The molecular formula is C89H88F3N15O6. The summed E-state index contributed by atoms with van der Waals surface area (Å²) in [5.41, 5.74) is 12.0. The van der Waals surface area contributed by atoms with Crippen LogP contribution >= 0.6 is 0 Å². The van der Waals surface area contributed by atoms with E-state index in [-0.39, 0.29) is 69.7 Å². The van der Waals surface area contributed by atoms with Gasteiger partial charge in [0.1, 0.15) is 17.5 Å². The number of carbonyl (C=O) groups excluding carboxylic acids is 3. The summed E-state index contributed by atoms with van der Waals surface area (Å²) in [7, 11) is 0. The maximum absolute atomic E-state index is 14.9. The SMILES string of the molecule is C=CC(=O)N1CCN(c2nc(=O)c(-c3ccccc3C(C)C)c3cc(-c4ccccc4F)c(C)nn23)CC1.C=CC(=O)N1CCN(c2nc(=O)c(-c3ccccc3C(C)C)c3cc(-c4ccccc4F)c(C)nn23)[C@@H](C)C1.C=CC(=O)N1CCN(c2nc(=O)c(-c3ccccc3C)c3cc(-c4ccccc4F)c(C)nn23)CC1. The lowest BCUT2D eigenvalue weighted by Crippen LogP contribution is -2.54. The van der Waals surface area contributed by atoms with Gasteiger partial charge in [0.05, 0.1) is 50.3 Å². The summed E-state index contributed by atoms with van der Waals surface area (Å²) in [5.74, 6) is 0.115. The number of anilines is 3. The summed E-state index contributed by atoms with van der Waals surface area (Å²) in [5, 5.41) is 14.5. The van der Waals surface area contributed by atoms with Crippen LogP contribution in [0, 0.1) is 45.1 Å². The molecule has 15 rings (SSSR count). The molecule has 3 amide bonds. The zero-order valence-electron chi connectivity index (χ0n) is 64.7. The average Bonchev–Trinajstić information content (AvgIpc) is 0.752. The Labute approximate surface area is 652 Å². The fourth-order valence-electron chi connectivity index (χ4n) is 15.2. The van der Waals surface area contributed by atoms with Gasteiger partial charge in [0.15, 0.2) is 0 Å². The summed E-state index contributed by atoms with van der Waals surface area (Å²) in [6, 6.07) is 48.3. The van der Waals surface area contributed by atoms with Gasteiger partial charge in [-0.1, -0.05) is 175 Å². The highest BCUT2D eigenvalue weighted by Gasteiger charge is 2.33. The number of benzene rings is 6. The Kier molecular flexibility index (Phi) is 23.0. The van der Waals surface area contributed by atoms with E-state index >= 15 is 0 Å². The number of aryl methyl sites for hydroxylation is 4. The second-order valence-corrected chi connectivity index (χ2v) is 28.9. The van der Waals surface area contributed by atoms with E-state index in [0.717, 1.165) is 33.4 Å². The minimum atomic E-state index is -0.381. The van der Waals surface area contributed by atoms with Crippen LogP contribution in [-0.2, 0) is 14.4 Å². The smallest absolute Gasteiger partial charge is 0.283 e. The fraction of sp³-hybridized carbons (Fsp3) is 0.258. The molecule has 12 aromatic rings. The van der Waals surface area contributed by atoms with Gasteiger partial charge in [-0.3, -0.25) is 28.8 Å². The van der Waals surface area contributed by atoms with Gasteiger partial charge in [0.2, 0.25) is 35.6 Å². The van der Waals surface area contributed by atoms with Crippen LogP contribution in [0.4, 0.5) is 31.0 Å². The van der Waals surface area contributed by atoms with Crippen molar-refractivity contribution in [3.63, 3.8) is 0 Å². The fourth-order valence-corrected chi connectivity index (χ4v) is 15.2. The van der Waals surface area contributed by atoms with Crippen molar-refractivity contribution in [3.8, 4) is 66.8 Å². The highest BCUT2D eigenvalue weighted by molar-refractivity contribution is 5.91. The Bertz CT molecular complexity index is 5940. The molecule has 6 aromatic carbocycles. The van der Waals surface area contributed by atoms with Crippen LogP contribution in [0.25, 0.3) is 83.3 Å². The number of fused-ring (bicyclic) bond motifs is 3. The topological polar surface area (TPSA) is 212 Å². The van der Waals surface area contributed by atoms with E-state index in [4.69, 9.17) is 15.3 Å². The van der Waals surface area contributed by atoms with Crippen LogP contribution in [0.15, 0.2) is 216 Å². The first-order valence-corrected chi connectivity index (χ1v) is 37.7. The van der Waals surface area contributed by atoms with Gasteiger partial charge < -0.3 is 29.4 Å². The zero-order valence-corrected chi connectivity index (χ0v) is 64.7. The molecule has 3 saturated heterocycles. The number of aromatic nitrogens is 9. The summed E-state index contributed by atoms with van der Waals surface area (Å²) >= 11 is 0. The van der Waals surface area contributed by atoms with Gasteiger partial charge in [-0.25, -0.2) is 13.2 Å². The lowest BCUT2D eigenvalue weighted by Gasteiger charge is -2.40. The minimum Gasteiger partial charge on any atom is -0.337 e. The number of piperazine rings is 3. The largest absolute Gasteiger partial charge is 0.337 e. The minimum absolute atomic E-state index is 0.118. The zero-order chi connectivity index (χ0) is 80.2. The van der Waals surface area contributed by atoms with Crippen molar-refractivity contribution in [2.75, 3.05) is 86.7 Å². The predicted octanol–water partition coefficient (Wildman–Crippen LogP) is 14.1. The lowest BCUT2D eigenvalue weighted by atomic mass is 9.92. The van der Waals surface area contributed by atoms with Crippen molar-refractivity contribution in [3.05, 3.63) is 284 Å². The van der Waals surface area contributed by atoms with E-state index in [9.17, 15) is 41.9 Å².